The minimum atomic E-state index is 0.715. The van der Waals surface area contributed by atoms with E-state index in [1.807, 2.05) is 6.07 Å². The van der Waals surface area contributed by atoms with E-state index in [2.05, 4.69) is 40.6 Å². The summed E-state index contributed by atoms with van der Waals surface area (Å²) in [4.78, 5) is 9.92. The molecule has 0 bridgehead atoms. The van der Waals surface area contributed by atoms with Crippen molar-refractivity contribution in [3.05, 3.63) is 29.3 Å². The molecule has 0 atom stereocenters. The van der Waals surface area contributed by atoms with Crippen LogP contribution in [0.3, 0.4) is 0 Å². The fourth-order valence-corrected chi connectivity index (χ4v) is 2.34. The summed E-state index contributed by atoms with van der Waals surface area (Å²) in [5.74, 6) is 0.715. The molecule has 2 heterocycles. The van der Waals surface area contributed by atoms with Gasteiger partial charge in [-0.25, -0.2) is 9.97 Å². The van der Waals surface area contributed by atoms with Crippen LogP contribution in [0.25, 0.3) is 10.6 Å². The Morgan fingerprint density at radius 1 is 1.38 bits per heavy atom. The van der Waals surface area contributed by atoms with Crippen LogP contribution in [0.1, 0.15) is 18.9 Å². The Morgan fingerprint density at radius 2 is 2.25 bits per heavy atom. The molecule has 0 radical (unpaired) electrons. The number of anilines is 1. The lowest BCUT2D eigenvalue weighted by atomic mass is 10.2. The Morgan fingerprint density at radius 3 is 2.94 bits per heavy atom. The minimum Gasteiger partial charge on any atom is -0.354 e. The maximum Gasteiger partial charge on any atom is 0.223 e. The summed E-state index contributed by atoms with van der Waals surface area (Å²) in [7, 11) is 0. The van der Waals surface area contributed by atoms with Crippen molar-refractivity contribution in [2.45, 2.75) is 20.3 Å². The van der Waals surface area contributed by atoms with Gasteiger partial charge in [0, 0.05) is 12.7 Å². The van der Waals surface area contributed by atoms with Crippen LogP contribution in [-0.2, 0) is 0 Å². The molecule has 1 N–H and O–H groups in total. The molecule has 0 unspecified atom stereocenters. The fraction of sp³-hybridized carbons (Fsp3) is 0.333. The Bertz CT molecular complexity index is 465. The molecule has 2 rings (SSSR count). The Kier molecular flexibility index (Phi) is 3.51. The highest BCUT2D eigenvalue weighted by molar-refractivity contribution is 7.13. The molecule has 0 spiro atoms. The summed E-state index contributed by atoms with van der Waals surface area (Å²) in [6.07, 6.45) is 2.88. The van der Waals surface area contributed by atoms with Crippen LogP contribution >= 0.6 is 11.3 Å². The number of hydrogen-bond donors (Lipinski definition) is 1. The van der Waals surface area contributed by atoms with E-state index in [9.17, 15) is 0 Å². The molecule has 0 amide bonds. The van der Waals surface area contributed by atoms with Crippen molar-refractivity contribution < 1.29 is 0 Å². The van der Waals surface area contributed by atoms with Crippen LogP contribution < -0.4 is 5.32 Å². The van der Waals surface area contributed by atoms with Crippen molar-refractivity contribution >= 4 is 17.3 Å². The molecule has 84 valence electrons. The van der Waals surface area contributed by atoms with Gasteiger partial charge in [0.05, 0.1) is 10.6 Å². The molecule has 0 saturated heterocycles. The second-order valence-corrected chi connectivity index (χ2v) is 4.54. The van der Waals surface area contributed by atoms with Crippen molar-refractivity contribution in [2.75, 3.05) is 11.9 Å². The van der Waals surface area contributed by atoms with Crippen LogP contribution in [0.2, 0.25) is 0 Å². The van der Waals surface area contributed by atoms with Crippen LogP contribution in [0, 0.1) is 6.92 Å². The molecule has 2 aromatic rings. The molecule has 0 saturated carbocycles. The number of aryl methyl sites for hydroxylation is 1. The normalized spacial score (nSPS) is 10.4. The second kappa shape index (κ2) is 5.07. The predicted octanol–water partition coefficient (Wildman–Crippen LogP) is 3.34. The highest BCUT2D eigenvalue weighted by Gasteiger charge is 2.05. The Balaban J connectivity index is 2.26. The van der Waals surface area contributed by atoms with Gasteiger partial charge in [0.15, 0.2) is 0 Å². The highest BCUT2D eigenvalue weighted by Crippen LogP contribution is 2.27. The lowest BCUT2D eigenvalue weighted by Crippen LogP contribution is -2.04. The molecule has 0 aliphatic heterocycles. The first kappa shape index (κ1) is 11.1. The van der Waals surface area contributed by atoms with Gasteiger partial charge >= 0.3 is 0 Å². The summed E-state index contributed by atoms with van der Waals surface area (Å²) in [6, 6.07) is 4.07. The molecule has 4 heteroatoms. The van der Waals surface area contributed by atoms with Crippen LogP contribution in [0.5, 0.6) is 0 Å². The van der Waals surface area contributed by atoms with Crippen molar-refractivity contribution in [1.29, 1.82) is 0 Å². The molecule has 2 aromatic heterocycles. The van der Waals surface area contributed by atoms with E-state index in [1.165, 1.54) is 10.4 Å². The van der Waals surface area contributed by atoms with Gasteiger partial charge in [-0.2, -0.15) is 0 Å². The first-order valence-corrected chi connectivity index (χ1v) is 6.30. The van der Waals surface area contributed by atoms with Crippen molar-refractivity contribution in [2.24, 2.45) is 0 Å². The van der Waals surface area contributed by atoms with Crippen LogP contribution in [-0.4, -0.2) is 16.5 Å². The summed E-state index contributed by atoms with van der Waals surface area (Å²) in [6.45, 7) is 5.14. The van der Waals surface area contributed by atoms with E-state index in [-0.39, 0.29) is 0 Å². The molecule has 3 nitrogen and oxygen atoms in total. The van der Waals surface area contributed by atoms with Crippen LogP contribution in [0.15, 0.2) is 23.7 Å². The number of nitrogens with one attached hydrogen (secondary N) is 1. The maximum absolute atomic E-state index is 4.50. The lowest BCUT2D eigenvalue weighted by molar-refractivity contribution is 0.953. The van der Waals surface area contributed by atoms with E-state index in [4.69, 9.17) is 0 Å². The molecule has 16 heavy (non-hydrogen) atoms. The molecule has 0 aromatic carbocycles. The third-order valence-electron chi connectivity index (χ3n) is 2.28. The number of rotatable bonds is 4. The number of thiophene rings is 1. The number of nitrogens with zero attached hydrogens (tertiary/aromatic N) is 2. The van der Waals surface area contributed by atoms with E-state index in [1.54, 1.807) is 17.5 Å². The van der Waals surface area contributed by atoms with E-state index in [0.717, 1.165) is 18.7 Å². The Labute approximate surface area is 99.6 Å². The monoisotopic (exact) mass is 233 g/mol. The van der Waals surface area contributed by atoms with Gasteiger partial charge in [-0.15, -0.1) is 11.3 Å². The molecular weight excluding hydrogens is 218 g/mol. The fourth-order valence-electron chi connectivity index (χ4n) is 1.44. The lowest BCUT2D eigenvalue weighted by Gasteiger charge is -2.04. The predicted molar refractivity (Wildman–Crippen MR) is 68.9 cm³/mol. The van der Waals surface area contributed by atoms with Crippen molar-refractivity contribution in [3.63, 3.8) is 0 Å². The standard InChI is InChI=1S/C12H15N3S/c1-3-6-13-12-14-7-4-10(15-12)11-9(2)5-8-16-11/h4-5,7-8H,3,6H2,1-2H3,(H,13,14,15). The van der Waals surface area contributed by atoms with Gasteiger partial charge < -0.3 is 5.32 Å². The third-order valence-corrected chi connectivity index (χ3v) is 3.32. The van der Waals surface area contributed by atoms with Gasteiger partial charge in [-0.1, -0.05) is 6.92 Å². The minimum absolute atomic E-state index is 0.715. The van der Waals surface area contributed by atoms with E-state index in [0.29, 0.717) is 5.95 Å². The average molecular weight is 233 g/mol. The molecular formula is C12H15N3S. The zero-order valence-electron chi connectivity index (χ0n) is 9.53. The SMILES string of the molecule is CCCNc1nccc(-c2sccc2C)n1. The van der Waals surface area contributed by atoms with Crippen molar-refractivity contribution in [3.8, 4) is 10.6 Å². The second-order valence-electron chi connectivity index (χ2n) is 3.63. The van der Waals surface area contributed by atoms with Gasteiger partial charge in [0.1, 0.15) is 0 Å². The summed E-state index contributed by atoms with van der Waals surface area (Å²) in [5.41, 5.74) is 2.27. The van der Waals surface area contributed by atoms with Gasteiger partial charge in [-0.05, 0) is 36.4 Å². The summed E-state index contributed by atoms with van der Waals surface area (Å²) in [5, 5.41) is 5.29. The average Bonchev–Trinajstić information content (AvgIpc) is 2.73. The summed E-state index contributed by atoms with van der Waals surface area (Å²) >= 11 is 1.72. The Hall–Kier alpha value is -1.42. The molecule has 0 fully saturated rings. The number of aromatic nitrogens is 2. The zero-order valence-corrected chi connectivity index (χ0v) is 10.3. The van der Waals surface area contributed by atoms with Gasteiger partial charge in [0.2, 0.25) is 5.95 Å². The van der Waals surface area contributed by atoms with E-state index < -0.39 is 0 Å². The zero-order chi connectivity index (χ0) is 11.4. The maximum atomic E-state index is 4.50. The van der Waals surface area contributed by atoms with Gasteiger partial charge in [-0.3, -0.25) is 0 Å². The van der Waals surface area contributed by atoms with E-state index >= 15 is 0 Å². The summed E-state index contributed by atoms with van der Waals surface area (Å²) < 4.78 is 0. The largest absolute Gasteiger partial charge is 0.354 e. The topological polar surface area (TPSA) is 37.8 Å². The van der Waals surface area contributed by atoms with Crippen molar-refractivity contribution in [1.82, 2.24) is 9.97 Å². The third kappa shape index (κ3) is 2.39. The van der Waals surface area contributed by atoms with Gasteiger partial charge in [0.25, 0.3) is 0 Å². The molecule has 0 aliphatic carbocycles. The van der Waals surface area contributed by atoms with Crippen LogP contribution in [0.4, 0.5) is 5.95 Å². The first-order valence-electron chi connectivity index (χ1n) is 5.42. The highest BCUT2D eigenvalue weighted by atomic mass is 32.1. The quantitative estimate of drug-likeness (QED) is 0.880. The molecule has 0 aliphatic rings. The first-order chi connectivity index (χ1) is 7.81. The smallest absolute Gasteiger partial charge is 0.223 e. The number of hydrogen-bond acceptors (Lipinski definition) is 4.